The second kappa shape index (κ2) is 12.3. The maximum atomic E-state index is 3.54. The molecule has 0 aliphatic heterocycles. The van der Waals surface area contributed by atoms with E-state index in [4.69, 9.17) is 0 Å². The minimum atomic E-state index is 1.09. The van der Waals surface area contributed by atoms with Crippen LogP contribution in [0.3, 0.4) is 0 Å². The quantitative estimate of drug-likeness (QED) is 0.169. The van der Waals surface area contributed by atoms with Gasteiger partial charge in [-0.3, -0.25) is 0 Å². The molecule has 0 amide bonds. The Morgan fingerprint density at radius 2 is 0.878 bits per heavy atom. The number of para-hydroxylation sites is 2. The molecule has 2 nitrogen and oxygen atoms in total. The lowest BCUT2D eigenvalue weighted by molar-refractivity contribution is 1.20. The molecule has 9 aromatic rings. The Balaban J connectivity index is 1.14. The molecule has 0 bridgehead atoms. The number of hydrogen-bond donors (Lipinski definition) is 0. The molecule has 1 aromatic heterocycles. The molecule has 0 radical (unpaired) electrons. The van der Waals surface area contributed by atoms with Crippen molar-refractivity contribution in [3.8, 4) is 27.9 Å². The maximum Gasteiger partial charge on any atom is 0.0542 e. The Morgan fingerprint density at radius 1 is 0.367 bits per heavy atom. The van der Waals surface area contributed by atoms with E-state index in [0.717, 1.165) is 21.5 Å². The second-order valence-electron chi connectivity index (χ2n) is 12.4. The number of fused-ring (bicyclic) bond motifs is 4. The molecule has 0 fully saturated rings. The highest BCUT2D eigenvalue weighted by Gasteiger charge is 2.18. The van der Waals surface area contributed by atoms with Gasteiger partial charge in [0.1, 0.15) is 0 Å². The first kappa shape index (κ1) is 29.3. The molecule has 0 spiro atoms. The van der Waals surface area contributed by atoms with Gasteiger partial charge in [0.25, 0.3) is 0 Å². The fourth-order valence-electron chi connectivity index (χ4n) is 7.09. The third-order valence-corrected chi connectivity index (χ3v) is 9.99. The lowest BCUT2D eigenvalue weighted by Crippen LogP contribution is -2.09. The van der Waals surface area contributed by atoms with E-state index in [2.05, 4.69) is 213 Å². The zero-order valence-corrected chi connectivity index (χ0v) is 28.3. The fraction of sp³-hybridized carbons (Fsp3) is 0. The number of hydrogen-bond acceptors (Lipinski definition) is 1. The summed E-state index contributed by atoms with van der Waals surface area (Å²) in [6, 6.07) is 67.7. The average molecular weight is 692 g/mol. The largest absolute Gasteiger partial charge is 0.310 e. The van der Waals surface area contributed by atoms with E-state index in [0.29, 0.717) is 0 Å². The smallest absolute Gasteiger partial charge is 0.0542 e. The topological polar surface area (TPSA) is 8.17 Å². The monoisotopic (exact) mass is 690 g/mol. The van der Waals surface area contributed by atoms with Crippen LogP contribution in [0.25, 0.3) is 60.5 Å². The lowest BCUT2D eigenvalue weighted by atomic mass is 10.00. The van der Waals surface area contributed by atoms with Gasteiger partial charge in [0.15, 0.2) is 0 Å². The average Bonchev–Trinajstić information content (AvgIpc) is 3.49. The zero-order valence-electron chi connectivity index (χ0n) is 26.7. The highest BCUT2D eigenvalue weighted by molar-refractivity contribution is 9.10. The summed E-state index contributed by atoms with van der Waals surface area (Å²) < 4.78 is 3.51. The standard InChI is InChI=1S/C46H31BrN2/c47-37-25-21-34(22-26-37)32-17-19-33(20-18-32)35-23-27-39(28-24-35)48(38-11-2-1-3-12-38)40-29-30-46-43(31-40)42-14-6-7-15-45(42)49(46)44-16-8-10-36-9-4-5-13-41(36)44/h1-31H. The first-order chi connectivity index (χ1) is 24.2. The van der Waals surface area contributed by atoms with Crippen LogP contribution >= 0.6 is 15.9 Å². The van der Waals surface area contributed by atoms with Gasteiger partial charge in [-0.1, -0.05) is 137 Å². The van der Waals surface area contributed by atoms with Gasteiger partial charge >= 0.3 is 0 Å². The van der Waals surface area contributed by atoms with Crippen LogP contribution in [-0.4, -0.2) is 4.57 Å². The number of nitrogens with zero attached hydrogens (tertiary/aromatic N) is 2. The summed E-state index contributed by atoms with van der Waals surface area (Å²) >= 11 is 3.54. The number of halogens is 1. The molecule has 3 heteroatoms. The molecule has 232 valence electrons. The van der Waals surface area contributed by atoms with Crippen LogP contribution in [0.1, 0.15) is 0 Å². The molecule has 0 saturated carbocycles. The third kappa shape index (κ3) is 5.29. The summed E-state index contributed by atoms with van der Waals surface area (Å²) in [4.78, 5) is 2.35. The molecule has 0 atom stereocenters. The van der Waals surface area contributed by atoms with Crippen molar-refractivity contribution in [2.24, 2.45) is 0 Å². The summed E-state index contributed by atoms with van der Waals surface area (Å²) in [6.07, 6.45) is 0. The van der Waals surface area contributed by atoms with Gasteiger partial charge in [-0.15, -0.1) is 0 Å². The van der Waals surface area contributed by atoms with Crippen LogP contribution in [0.2, 0.25) is 0 Å². The summed E-state index contributed by atoms with van der Waals surface area (Å²) in [6.45, 7) is 0. The van der Waals surface area contributed by atoms with Gasteiger partial charge in [0, 0.05) is 37.7 Å². The van der Waals surface area contributed by atoms with Gasteiger partial charge in [-0.2, -0.15) is 0 Å². The van der Waals surface area contributed by atoms with Crippen molar-refractivity contribution in [3.05, 3.63) is 193 Å². The SMILES string of the molecule is Brc1ccc(-c2ccc(-c3ccc(N(c4ccccc4)c4ccc5c(c4)c4ccccc4n5-c4cccc5ccccc45)cc3)cc2)cc1. The Kier molecular flexibility index (Phi) is 7.33. The van der Waals surface area contributed by atoms with Crippen LogP contribution in [0.4, 0.5) is 17.1 Å². The van der Waals surface area contributed by atoms with Crippen molar-refractivity contribution in [2.45, 2.75) is 0 Å². The van der Waals surface area contributed by atoms with Gasteiger partial charge in [-0.25, -0.2) is 0 Å². The molecule has 9 rings (SSSR count). The van der Waals surface area contributed by atoms with E-state index in [1.165, 1.54) is 60.5 Å². The predicted molar refractivity (Wildman–Crippen MR) is 212 cm³/mol. The lowest BCUT2D eigenvalue weighted by Gasteiger charge is -2.26. The van der Waals surface area contributed by atoms with Crippen LogP contribution in [0.5, 0.6) is 0 Å². The molecular weight excluding hydrogens is 660 g/mol. The van der Waals surface area contributed by atoms with Crippen molar-refractivity contribution >= 4 is 65.6 Å². The highest BCUT2D eigenvalue weighted by atomic mass is 79.9. The number of anilines is 3. The third-order valence-electron chi connectivity index (χ3n) is 9.46. The number of benzene rings is 8. The maximum absolute atomic E-state index is 3.54. The minimum Gasteiger partial charge on any atom is -0.310 e. The van der Waals surface area contributed by atoms with Crippen molar-refractivity contribution < 1.29 is 0 Å². The van der Waals surface area contributed by atoms with E-state index in [9.17, 15) is 0 Å². The number of aromatic nitrogens is 1. The predicted octanol–water partition coefficient (Wildman–Crippen LogP) is 13.5. The van der Waals surface area contributed by atoms with E-state index in [1.54, 1.807) is 0 Å². The number of rotatable bonds is 6. The molecule has 8 aromatic carbocycles. The van der Waals surface area contributed by atoms with E-state index >= 15 is 0 Å². The Labute approximate surface area is 294 Å². The molecule has 1 heterocycles. The first-order valence-corrected chi connectivity index (χ1v) is 17.3. The summed E-state index contributed by atoms with van der Waals surface area (Å²) in [5.74, 6) is 0. The molecule has 49 heavy (non-hydrogen) atoms. The Bertz CT molecular complexity index is 2580. The van der Waals surface area contributed by atoms with Crippen LogP contribution in [0.15, 0.2) is 193 Å². The highest BCUT2D eigenvalue weighted by Crippen LogP contribution is 2.41. The van der Waals surface area contributed by atoms with Gasteiger partial charge in [0.05, 0.1) is 16.7 Å². The summed E-state index contributed by atoms with van der Waals surface area (Å²) in [7, 11) is 0. The van der Waals surface area contributed by atoms with Crippen molar-refractivity contribution in [1.82, 2.24) is 4.57 Å². The van der Waals surface area contributed by atoms with Gasteiger partial charge in [-0.05, 0) is 94.4 Å². The van der Waals surface area contributed by atoms with Crippen molar-refractivity contribution in [3.63, 3.8) is 0 Å². The molecule has 0 N–H and O–H groups in total. The fourth-order valence-corrected chi connectivity index (χ4v) is 7.35. The zero-order chi connectivity index (χ0) is 32.7. The van der Waals surface area contributed by atoms with Crippen LogP contribution in [0, 0.1) is 0 Å². The molecule has 0 unspecified atom stereocenters. The van der Waals surface area contributed by atoms with Gasteiger partial charge in [0.2, 0.25) is 0 Å². The van der Waals surface area contributed by atoms with Gasteiger partial charge < -0.3 is 9.47 Å². The van der Waals surface area contributed by atoms with Crippen molar-refractivity contribution in [1.29, 1.82) is 0 Å². The van der Waals surface area contributed by atoms with Crippen LogP contribution < -0.4 is 4.90 Å². The Hall–Kier alpha value is -5.90. The van der Waals surface area contributed by atoms with Crippen molar-refractivity contribution in [2.75, 3.05) is 4.90 Å². The Morgan fingerprint density at radius 3 is 1.59 bits per heavy atom. The molecule has 0 aliphatic rings. The second-order valence-corrected chi connectivity index (χ2v) is 13.3. The normalized spacial score (nSPS) is 11.4. The molecule has 0 saturated heterocycles. The van der Waals surface area contributed by atoms with E-state index in [1.807, 2.05) is 0 Å². The summed E-state index contributed by atoms with van der Waals surface area (Å²) in [5.41, 5.74) is 11.7. The molecular formula is C46H31BrN2. The molecule has 0 aliphatic carbocycles. The first-order valence-electron chi connectivity index (χ1n) is 16.5. The van der Waals surface area contributed by atoms with Crippen LogP contribution in [-0.2, 0) is 0 Å². The van der Waals surface area contributed by atoms with E-state index < -0.39 is 0 Å². The van der Waals surface area contributed by atoms with E-state index in [-0.39, 0.29) is 0 Å². The summed E-state index contributed by atoms with van der Waals surface area (Å²) in [5, 5.41) is 4.94. The minimum absolute atomic E-state index is 1.09.